The topological polar surface area (TPSA) is 78.9 Å². The summed E-state index contributed by atoms with van der Waals surface area (Å²) in [5.41, 5.74) is -0.530. The second-order valence-corrected chi connectivity index (χ2v) is 11.2. The molecule has 4 aliphatic rings. The van der Waals surface area contributed by atoms with Gasteiger partial charge in [0.2, 0.25) is 0 Å². The summed E-state index contributed by atoms with van der Waals surface area (Å²) in [5.74, 6) is 3.37. The van der Waals surface area contributed by atoms with Crippen LogP contribution in [-0.2, 0) is 11.3 Å². The van der Waals surface area contributed by atoms with Crippen LogP contribution in [0, 0.1) is 52.3 Å². The number of rotatable bonds is 4. The van der Waals surface area contributed by atoms with Gasteiger partial charge in [0, 0.05) is 12.1 Å². The molecule has 0 aromatic carbocycles. The van der Waals surface area contributed by atoms with E-state index in [1.807, 2.05) is 0 Å². The Kier molecular flexibility index (Phi) is 5.24. The highest BCUT2D eigenvalue weighted by Gasteiger charge is 2.59. The van der Waals surface area contributed by atoms with E-state index in [9.17, 15) is 14.3 Å². The lowest BCUT2D eigenvalue weighted by Crippen LogP contribution is -2.52. The molecule has 168 valence electrons. The van der Waals surface area contributed by atoms with E-state index in [2.05, 4.69) is 18.1 Å². The minimum atomic E-state index is -1.08. The van der Waals surface area contributed by atoms with Gasteiger partial charge in [-0.3, -0.25) is 9.48 Å². The van der Waals surface area contributed by atoms with Crippen molar-refractivity contribution in [2.75, 3.05) is 6.67 Å². The number of alkyl halides is 1. The molecule has 0 spiro atoms. The van der Waals surface area contributed by atoms with Gasteiger partial charge < -0.3 is 5.11 Å². The predicted molar refractivity (Wildman–Crippen MR) is 113 cm³/mol. The second kappa shape index (κ2) is 7.69. The van der Waals surface area contributed by atoms with Crippen LogP contribution in [0.1, 0.15) is 70.3 Å². The first-order valence-corrected chi connectivity index (χ1v) is 12.1. The minimum absolute atomic E-state index is 0.0602. The van der Waals surface area contributed by atoms with Crippen molar-refractivity contribution in [3.63, 3.8) is 0 Å². The number of carbonyl (C=O) groups excluding carboxylic acids is 1. The van der Waals surface area contributed by atoms with Crippen LogP contribution in [0.3, 0.4) is 0 Å². The molecule has 5 nitrogen and oxygen atoms in total. The van der Waals surface area contributed by atoms with E-state index in [-0.39, 0.29) is 23.7 Å². The van der Waals surface area contributed by atoms with E-state index in [4.69, 9.17) is 5.26 Å². The molecule has 0 amide bonds. The summed E-state index contributed by atoms with van der Waals surface area (Å²) in [4.78, 5) is 13.3. The number of aliphatic hydroxyl groups is 1. The van der Waals surface area contributed by atoms with Crippen LogP contribution >= 0.6 is 0 Å². The van der Waals surface area contributed by atoms with E-state index < -0.39 is 12.3 Å². The highest BCUT2D eigenvalue weighted by Crippen LogP contribution is 2.64. The van der Waals surface area contributed by atoms with Gasteiger partial charge in [0.15, 0.2) is 5.78 Å². The fourth-order valence-corrected chi connectivity index (χ4v) is 8.39. The third kappa shape index (κ3) is 3.44. The normalized spacial score (nSPS) is 44.1. The van der Waals surface area contributed by atoms with E-state index in [0.29, 0.717) is 48.0 Å². The molecule has 0 bridgehead atoms. The van der Waals surface area contributed by atoms with Gasteiger partial charge in [-0.25, -0.2) is 4.39 Å². The smallest absolute Gasteiger partial charge is 0.157 e. The standard InChI is InChI=1S/C25H34FN3O2/c1-24-8-6-19-18-7-9-25(31,15-26)10-17(18)2-3-20(19)21(24)4-5-22(24)23(30)14-29-13-16(11-27)12-28-29/h12-13,17-22,31H,2-10,14-15H2,1H3/t17?,18?,19-,20?,21+,22?,24+,25-/m1/s1. The fourth-order valence-electron chi connectivity index (χ4n) is 8.39. The summed E-state index contributed by atoms with van der Waals surface area (Å²) in [7, 11) is 0. The maximum Gasteiger partial charge on any atom is 0.157 e. The van der Waals surface area contributed by atoms with Gasteiger partial charge in [0.1, 0.15) is 12.7 Å². The van der Waals surface area contributed by atoms with Gasteiger partial charge in [0.05, 0.1) is 23.9 Å². The predicted octanol–water partition coefficient (Wildman–Crippen LogP) is 4.29. The Morgan fingerprint density at radius 2 is 2.03 bits per heavy atom. The van der Waals surface area contributed by atoms with Gasteiger partial charge in [-0.05, 0) is 92.8 Å². The molecular formula is C25H34FN3O2. The molecule has 1 N–H and O–H groups in total. The monoisotopic (exact) mass is 427 g/mol. The summed E-state index contributed by atoms with van der Waals surface area (Å²) < 4.78 is 15.0. The number of hydrogen-bond donors (Lipinski definition) is 1. The molecule has 4 aliphatic carbocycles. The zero-order valence-electron chi connectivity index (χ0n) is 18.5. The summed E-state index contributed by atoms with van der Waals surface area (Å²) in [6.45, 7) is 2.00. The zero-order valence-corrected chi connectivity index (χ0v) is 18.5. The first-order chi connectivity index (χ1) is 14.9. The summed E-state index contributed by atoms with van der Waals surface area (Å²) in [6.07, 6.45) is 12.0. The van der Waals surface area contributed by atoms with Crippen LogP contribution in [0.4, 0.5) is 4.39 Å². The number of halogens is 1. The average molecular weight is 428 g/mol. The number of Topliss-reactive ketones (excluding diaryl/α,β-unsaturated/α-hetero) is 1. The number of nitrogens with zero attached hydrogens (tertiary/aromatic N) is 3. The van der Waals surface area contributed by atoms with Crippen LogP contribution in [0.15, 0.2) is 12.4 Å². The van der Waals surface area contributed by atoms with Gasteiger partial charge in [-0.1, -0.05) is 6.92 Å². The van der Waals surface area contributed by atoms with E-state index in [0.717, 1.165) is 38.5 Å². The minimum Gasteiger partial charge on any atom is -0.387 e. The lowest BCUT2D eigenvalue weighted by molar-refractivity contribution is -0.134. The van der Waals surface area contributed by atoms with Gasteiger partial charge in [0.25, 0.3) is 0 Å². The molecule has 0 saturated heterocycles. The van der Waals surface area contributed by atoms with E-state index in [1.54, 1.807) is 10.9 Å². The third-order valence-electron chi connectivity index (χ3n) is 9.82. The highest BCUT2D eigenvalue weighted by atomic mass is 19.1. The number of carbonyl (C=O) groups is 1. The van der Waals surface area contributed by atoms with Crippen molar-refractivity contribution in [2.24, 2.45) is 40.9 Å². The van der Waals surface area contributed by atoms with Crippen LogP contribution in [0.5, 0.6) is 0 Å². The average Bonchev–Trinajstić information content (AvgIpc) is 3.36. The molecule has 1 aromatic heterocycles. The number of ketones is 1. The maximum absolute atomic E-state index is 13.4. The molecule has 8 atom stereocenters. The molecule has 1 aromatic rings. The quantitative estimate of drug-likeness (QED) is 0.777. The van der Waals surface area contributed by atoms with Crippen LogP contribution in [0.2, 0.25) is 0 Å². The Hall–Kier alpha value is -1.74. The van der Waals surface area contributed by atoms with Gasteiger partial charge in [-0.2, -0.15) is 10.4 Å². The van der Waals surface area contributed by atoms with Crippen molar-refractivity contribution in [2.45, 2.75) is 76.9 Å². The molecule has 1 heterocycles. The zero-order chi connectivity index (χ0) is 21.8. The number of nitriles is 1. The van der Waals surface area contributed by atoms with Crippen molar-refractivity contribution < 1.29 is 14.3 Å². The molecule has 6 heteroatoms. The maximum atomic E-state index is 13.4. The molecule has 4 saturated carbocycles. The fraction of sp³-hybridized carbons (Fsp3) is 0.800. The Balaban J connectivity index is 1.29. The third-order valence-corrected chi connectivity index (χ3v) is 9.82. The Bertz CT molecular complexity index is 894. The molecule has 0 radical (unpaired) electrons. The number of aromatic nitrogens is 2. The lowest BCUT2D eigenvalue weighted by Gasteiger charge is -2.56. The molecule has 0 aliphatic heterocycles. The Morgan fingerprint density at radius 3 is 2.77 bits per heavy atom. The summed E-state index contributed by atoms with van der Waals surface area (Å²) >= 11 is 0. The first-order valence-electron chi connectivity index (χ1n) is 12.1. The molecule has 4 unspecified atom stereocenters. The van der Waals surface area contributed by atoms with Crippen molar-refractivity contribution >= 4 is 5.78 Å². The largest absolute Gasteiger partial charge is 0.387 e. The number of hydrogen-bond acceptors (Lipinski definition) is 4. The molecular weight excluding hydrogens is 393 g/mol. The summed E-state index contributed by atoms with van der Waals surface area (Å²) in [6, 6.07) is 2.07. The van der Waals surface area contributed by atoms with Crippen LogP contribution in [-0.4, -0.2) is 32.9 Å². The van der Waals surface area contributed by atoms with Crippen molar-refractivity contribution in [1.29, 1.82) is 5.26 Å². The van der Waals surface area contributed by atoms with Gasteiger partial charge >= 0.3 is 0 Å². The van der Waals surface area contributed by atoms with Crippen LogP contribution in [0.25, 0.3) is 0 Å². The van der Waals surface area contributed by atoms with Crippen LogP contribution < -0.4 is 0 Å². The summed E-state index contributed by atoms with van der Waals surface area (Å²) in [5, 5.41) is 23.7. The molecule has 5 rings (SSSR count). The molecule has 4 fully saturated rings. The Morgan fingerprint density at radius 1 is 1.23 bits per heavy atom. The van der Waals surface area contributed by atoms with Crippen molar-refractivity contribution in [3.8, 4) is 6.07 Å². The van der Waals surface area contributed by atoms with Crippen molar-refractivity contribution in [1.82, 2.24) is 9.78 Å². The van der Waals surface area contributed by atoms with E-state index in [1.165, 1.54) is 12.6 Å². The highest BCUT2D eigenvalue weighted by molar-refractivity contribution is 5.82. The SMILES string of the molecule is C[C@]12CC[C@@H]3C4CC[C@](O)(CF)CC4CCC3[C@@H]1CCC2C(=O)Cn1cc(C#N)cn1. The van der Waals surface area contributed by atoms with Crippen molar-refractivity contribution in [3.05, 3.63) is 18.0 Å². The Labute approximate surface area is 184 Å². The second-order valence-electron chi connectivity index (χ2n) is 11.2. The first kappa shape index (κ1) is 21.1. The number of fused-ring (bicyclic) bond motifs is 5. The van der Waals surface area contributed by atoms with Gasteiger partial charge in [-0.15, -0.1) is 0 Å². The molecule has 31 heavy (non-hydrogen) atoms. The lowest BCUT2D eigenvalue weighted by atomic mass is 9.49. The van der Waals surface area contributed by atoms with E-state index >= 15 is 0 Å².